The fourth-order valence-electron chi connectivity index (χ4n) is 2.53. The Bertz CT molecular complexity index is 563. The van der Waals surface area contributed by atoms with E-state index >= 15 is 0 Å². The number of hydrogen-bond acceptors (Lipinski definition) is 2. The Morgan fingerprint density at radius 1 is 1.11 bits per heavy atom. The molecule has 1 unspecified atom stereocenters. The highest BCUT2D eigenvalue weighted by molar-refractivity contribution is 6.30. The van der Waals surface area contributed by atoms with Gasteiger partial charge in [-0.15, -0.1) is 0 Å². The second-order valence-corrected chi connectivity index (χ2v) is 5.14. The van der Waals surface area contributed by atoms with Crippen molar-refractivity contribution in [2.45, 2.75) is 18.9 Å². The third kappa shape index (κ3) is 2.16. The zero-order chi connectivity index (χ0) is 12.5. The molecule has 0 heterocycles. The summed E-state index contributed by atoms with van der Waals surface area (Å²) in [4.78, 5) is 0. The molecule has 3 rings (SSSR count). The van der Waals surface area contributed by atoms with E-state index in [4.69, 9.17) is 17.3 Å². The van der Waals surface area contributed by atoms with E-state index in [0.29, 0.717) is 6.04 Å². The molecule has 0 fully saturated rings. The Kier molecular flexibility index (Phi) is 2.88. The van der Waals surface area contributed by atoms with Gasteiger partial charge in [0.15, 0.2) is 0 Å². The normalized spacial score (nSPS) is 17.5. The third-order valence-electron chi connectivity index (χ3n) is 3.43. The van der Waals surface area contributed by atoms with Crippen molar-refractivity contribution in [2.24, 2.45) is 0 Å². The summed E-state index contributed by atoms with van der Waals surface area (Å²) in [6.45, 7) is 0. The standard InChI is InChI=1S/C15H15ClN2/c16-11-2-5-13(6-3-11)18-15-8-1-10-9-12(17)4-7-14(10)15/h2-7,9,15,18H,1,8,17H2. The van der Waals surface area contributed by atoms with Crippen molar-refractivity contribution in [2.75, 3.05) is 11.1 Å². The van der Waals surface area contributed by atoms with Crippen molar-refractivity contribution in [1.29, 1.82) is 0 Å². The molecule has 0 amide bonds. The quantitative estimate of drug-likeness (QED) is 0.799. The first-order valence-corrected chi connectivity index (χ1v) is 6.50. The number of rotatable bonds is 2. The average Bonchev–Trinajstić information content (AvgIpc) is 2.74. The number of benzene rings is 2. The van der Waals surface area contributed by atoms with E-state index in [2.05, 4.69) is 17.4 Å². The van der Waals surface area contributed by atoms with E-state index in [1.54, 1.807) is 0 Å². The van der Waals surface area contributed by atoms with Crippen LogP contribution in [0.25, 0.3) is 0 Å². The molecule has 1 atom stereocenters. The first kappa shape index (κ1) is 11.4. The second-order valence-electron chi connectivity index (χ2n) is 4.70. The average molecular weight is 259 g/mol. The van der Waals surface area contributed by atoms with Crippen LogP contribution >= 0.6 is 11.6 Å². The van der Waals surface area contributed by atoms with Crippen LogP contribution < -0.4 is 11.1 Å². The minimum Gasteiger partial charge on any atom is -0.399 e. The number of nitrogen functional groups attached to an aromatic ring is 1. The Labute approximate surface area is 112 Å². The van der Waals surface area contributed by atoms with Gasteiger partial charge in [0.25, 0.3) is 0 Å². The van der Waals surface area contributed by atoms with Crippen LogP contribution in [0.15, 0.2) is 42.5 Å². The van der Waals surface area contributed by atoms with Gasteiger partial charge in [-0.2, -0.15) is 0 Å². The monoisotopic (exact) mass is 258 g/mol. The smallest absolute Gasteiger partial charge is 0.0519 e. The predicted octanol–water partition coefficient (Wildman–Crippen LogP) is 4.02. The molecule has 1 aliphatic rings. The van der Waals surface area contributed by atoms with E-state index in [9.17, 15) is 0 Å². The van der Waals surface area contributed by atoms with Crippen molar-refractivity contribution in [3.8, 4) is 0 Å². The van der Waals surface area contributed by atoms with Crippen molar-refractivity contribution in [3.05, 3.63) is 58.6 Å². The number of nitrogens with one attached hydrogen (secondary N) is 1. The molecular formula is C15H15ClN2. The second kappa shape index (κ2) is 4.54. The molecule has 2 aromatic carbocycles. The van der Waals surface area contributed by atoms with Gasteiger partial charge in [0, 0.05) is 16.4 Å². The number of hydrogen-bond donors (Lipinski definition) is 2. The number of aryl methyl sites for hydroxylation is 1. The molecule has 92 valence electrons. The molecule has 0 spiro atoms. The van der Waals surface area contributed by atoms with Crippen LogP contribution in [0.3, 0.4) is 0 Å². The van der Waals surface area contributed by atoms with Gasteiger partial charge in [-0.25, -0.2) is 0 Å². The molecule has 18 heavy (non-hydrogen) atoms. The van der Waals surface area contributed by atoms with Gasteiger partial charge in [-0.05, 0) is 60.4 Å². The molecule has 0 bridgehead atoms. The van der Waals surface area contributed by atoms with Gasteiger partial charge in [0.2, 0.25) is 0 Å². The Hall–Kier alpha value is -1.67. The van der Waals surface area contributed by atoms with Crippen LogP contribution in [0.2, 0.25) is 5.02 Å². The number of anilines is 2. The lowest BCUT2D eigenvalue weighted by Crippen LogP contribution is -2.06. The zero-order valence-corrected chi connectivity index (χ0v) is 10.7. The lowest BCUT2D eigenvalue weighted by Gasteiger charge is -2.15. The highest BCUT2D eigenvalue weighted by atomic mass is 35.5. The highest BCUT2D eigenvalue weighted by Gasteiger charge is 2.22. The molecule has 1 aliphatic carbocycles. The van der Waals surface area contributed by atoms with Crippen LogP contribution in [0, 0.1) is 0 Å². The van der Waals surface area contributed by atoms with Crippen LogP contribution in [0.1, 0.15) is 23.6 Å². The highest BCUT2D eigenvalue weighted by Crippen LogP contribution is 2.34. The van der Waals surface area contributed by atoms with Gasteiger partial charge in [0.1, 0.15) is 0 Å². The Balaban J connectivity index is 1.82. The zero-order valence-electron chi connectivity index (χ0n) is 9.99. The van der Waals surface area contributed by atoms with Crippen molar-refractivity contribution < 1.29 is 0 Å². The summed E-state index contributed by atoms with van der Waals surface area (Å²) in [6, 6.07) is 14.4. The van der Waals surface area contributed by atoms with E-state index < -0.39 is 0 Å². The maximum atomic E-state index is 5.89. The van der Waals surface area contributed by atoms with Crippen LogP contribution in [0.4, 0.5) is 11.4 Å². The summed E-state index contributed by atoms with van der Waals surface area (Å²) < 4.78 is 0. The molecule has 0 radical (unpaired) electrons. The Morgan fingerprint density at radius 3 is 2.67 bits per heavy atom. The first-order valence-electron chi connectivity index (χ1n) is 6.13. The predicted molar refractivity (Wildman–Crippen MR) is 77.0 cm³/mol. The van der Waals surface area contributed by atoms with E-state index in [0.717, 1.165) is 29.2 Å². The topological polar surface area (TPSA) is 38.0 Å². The number of fused-ring (bicyclic) bond motifs is 1. The summed E-state index contributed by atoms with van der Waals surface area (Å²) >= 11 is 5.89. The first-order chi connectivity index (χ1) is 8.72. The van der Waals surface area contributed by atoms with E-state index in [1.807, 2.05) is 30.3 Å². The fourth-order valence-corrected chi connectivity index (χ4v) is 2.66. The number of halogens is 1. The molecule has 0 saturated carbocycles. The minimum absolute atomic E-state index is 0.377. The number of nitrogens with two attached hydrogens (primary N) is 1. The van der Waals surface area contributed by atoms with Gasteiger partial charge < -0.3 is 11.1 Å². The summed E-state index contributed by atoms with van der Waals surface area (Å²) in [5, 5.41) is 4.31. The van der Waals surface area contributed by atoms with Crippen molar-refractivity contribution in [1.82, 2.24) is 0 Å². The summed E-state index contributed by atoms with van der Waals surface area (Å²) in [7, 11) is 0. The third-order valence-corrected chi connectivity index (χ3v) is 3.68. The fraction of sp³-hybridized carbons (Fsp3) is 0.200. The maximum absolute atomic E-state index is 5.89. The Morgan fingerprint density at radius 2 is 1.89 bits per heavy atom. The largest absolute Gasteiger partial charge is 0.399 e. The summed E-state index contributed by atoms with van der Waals surface area (Å²) in [5.74, 6) is 0. The van der Waals surface area contributed by atoms with E-state index in [1.165, 1.54) is 11.1 Å². The lowest BCUT2D eigenvalue weighted by molar-refractivity contribution is 0.762. The molecule has 0 aliphatic heterocycles. The van der Waals surface area contributed by atoms with Gasteiger partial charge in [0.05, 0.1) is 6.04 Å². The summed E-state index contributed by atoms with van der Waals surface area (Å²) in [6.07, 6.45) is 2.20. The van der Waals surface area contributed by atoms with Crippen molar-refractivity contribution >= 4 is 23.0 Å². The lowest BCUT2D eigenvalue weighted by atomic mass is 10.1. The maximum Gasteiger partial charge on any atom is 0.0519 e. The van der Waals surface area contributed by atoms with Crippen LogP contribution in [-0.4, -0.2) is 0 Å². The van der Waals surface area contributed by atoms with Crippen LogP contribution in [-0.2, 0) is 6.42 Å². The molecule has 3 N–H and O–H groups in total. The molecule has 0 aromatic heterocycles. The SMILES string of the molecule is Nc1ccc2c(c1)CCC2Nc1ccc(Cl)cc1. The van der Waals surface area contributed by atoms with Crippen molar-refractivity contribution in [3.63, 3.8) is 0 Å². The van der Waals surface area contributed by atoms with Crippen LogP contribution in [0.5, 0.6) is 0 Å². The molecule has 2 aromatic rings. The van der Waals surface area contributed by atoms with Gasteiger partial charge in [-0.1, -0.05) is 17.7 Å². The van der Waals surface area contributed by atoms with Gasteiger partial charge >= 0.3 is 0 Å². The summed E-state index contributed by atoms with van der Waals surface area (Å²) in [5.41, 5.74) is 10.5. The van der Waals surface area contributed by atoms with Gasteiger partial charge in [-0.3, -0.25) is 0 Å². The van der Waals surface area contributed by atoms with E-state index in [-0.39, 0.29) is 0 Å². The molecule has 3 heteroatoms. The molecular weight excluding hydrogens is 244 g/mol. The minimum atomic E-state index is 0.377. The molecule has 0 saturated heterocycles. The molecule has 2 nitrogen and oxygen atoms in total.